The van der Waals surface area contributed by atoms with Gasteiger partial charge in [0.25, 0.3) is 5.91 Å². The molecule has 30 heavy (non-hydrogen) atoms. The number of hydrogen-bond acceptors (Lipinski definition) is 7. The summed E-state index contributed by atoms with van der Waals surface area (Å²) in [6, 6.07) is 8.80. The third-order valence-electron chi connectivity index (χ3n) is 5.18. The zero-order valence-corrected chi connectivity index (χ0v) is 17.6. The van der Waals surface area contributed by atoms with Crippen LogP contribution in [0.5, 0.6) is 0 Å². The molecule has 1 atom stereocenters. The van der Waals surface area contributed by atoms with E-state index in [9.17, 15) is 22.8 Å². The van der Waals surface area contributed by atoms with Crippen molar-refractivity contribution in [3.05, 3.63) is 35.9 Å². The van der Waals surface area contributed by atoms with Crippen molar-refractivity contribution in [1.29, 1.82) is 0 Å². The number of carbonyl (C=O) groups excluding carboxylic acids is 3. The van der Waals surface area contributed by atoms with E-state index >= 15 is 0 Å². The molecule has 10 heteroatoms. The van der Waals surface area contributed by atoms with E-state index in [0.717, 1.165) is 5.56 Å². The summed E-state index contributed by atoms with van der Waals surface area (Å²) in [6.07, 6.45) is 0.620. The van der Waals surface area contributed by atoms with Gasteiger partial charge in [-0.1, -0.05) is 30.3 Å². The number of hydrogen-bond donors (Lipinski definition) is 0. The summed E-state index contributed by atoms with van der Waals surface area (Å²) in [4.78, 5) is 38.6. The van der Waals surface area contributed by atoms with Crippen molar-refractivity contribution in [2.24, 2.45) is 5.10 Å². The molecule has 162 valence electrons. The summed E-state index contributed by atoms with van der Waals surface area (Å²) in [5.41, 5.74) is 1.08. The van der Waals surface area contributed by atoms with E-state index in [1.165, 1.54) is 17.0 Å². The van der Waals surface area contributed by atoms with Gasteiger partial charge in [-0.2, -0.15) is 5.10 Å². The number of benzene rings is 1. The number of sulfone groups is 1. The van der Waals surface area contributed by atoms with Gasteiger partial charge in [0.2, 0.25) is 5.91 Å². The van der Waals surface area contributed by atoms with Crippen molar-refractivity contribution < 1.29 is 27.5 Å². The van der Waals surface area contributed by atoms with Gasteiger partial charge in [0.1, 0.15) is 5.71 Å². The summed E-state index contributed by atoms with van der Waals surface area (Å²) >= 11 is 0. The lowest BCUT2D eigenvalue weighted by Crippen LogP contribution is -2.45. The Morgan fingerprint density at radius 2 is 1.97 bits per heavy atom. The monoisotopic (exact) mass is 435 g/mol. The maximum atomic E-state index is 13.2. The lowest BCUT2D eigenvalue weighted by atomic mass is 10.1. The van der Waals surface area contributed by atoms with Gasteiger partial charge in [-0.05, 0) is 12.0 Å². The largest absolute Gasteiger partial charge is 0.469 e. The molecule has 0 saturated carbocycles. The molecular formula is C20H25N3O6S. The Labute approximate surface area is 175 Å². The third-order valence-corrected chi connectivity index (χ3v) is 6.93. The fourth-order valence-electron chi connectivity index (χ4n) is 3.55. The van der Waals surface area contributed by atoms with Gasteiger partial charge in [0, 0.05) is 25.9 Å². The quantitative estimate of drug-likeness (QED) is 0.584. The summed E-state index contributed by atoms with van der Waals surface area (Å²) in [6.45, 7) is 0.423. The van der Waals surface area contributed by atoms with Gasteiger partial charge in [-0.15, -0.1) is 0 Å². The number of ether oxygens (including phenoxy) is 1. The van der Waals surface area contributed by atoms with Crippen molar-refractivity contribution in [3.63, 3.8) is 0 Å². The van der Waals surface area contributed by atoms with E-state index in [1.807, 2.05) is 30.3 Å². The molecule has 2 amide bonds. The van der Waals surface area contributed by atoms with E-state index in [0.29, 0.717) is 6.42 Å². The van der Waals surface area contributed by atoms with Crippen molar-refractivity contribution in [1.82, 2.24) is 9.91 Å². The normalized spacial score (nSPS) is 20.6. The Kier molecular flexibility index (Phi) is 6.86. The number of rotatable bonds is 7. The molecule has 2 aliphatic heterocycles. The summed E-state index contributed by atoms with van der Waals surface area (Å²) in [5.74, 6) is -1.21. The first-order valence-corrected chi connectivity index (χ1v) is 11.6. The summed E-state index contributed by atoms with van der Waals surface area (Å²) < 4.78 is 28.3. The zero-order valence-electron chi connectivity index (χ0n) is 16.8. The first kappa shape index (κ1) is 21.9. The molecular weight excluding hydrogens is 410 g/mol. The second kappa shape index (κ2) is 9.38. The number of amides is 2. The van der Waals surface area contributed by atoms with Crippen LogP contribution < -0.4 is 0 Å². The van der Waals surface area contributed by atoms with E-state index in [-0.39, 0.29) is 61.4 Å². The number of nitrogens with zero attached hydrogens (tertiary/aromatic N) is 3. The second-order valence-corrected chi connectivity index (χ2v) is 9.61. The summed E-state index contributed by atoms with van der Waals surface area (Å²) in [7, 11) is -1.91. The molecule has 1 saturated heterocycles. The minimum Gasteiger partial charge on any atom is -0.469 e. The Morgan fingerprint density at radius 3 is 2.60 bits per heavy atom. The average Bonchev–Trinajstić information content (AvgIpc) is 3.10. The van der Waals surface area contributed by atoms with Crippen LogP contribution in [0.2, 0.25) is 0 Å². The molecule has 1 aromatic rings. The van der Waals surface area contributed by atoms with E-state index in [4.69, 9.17) is 0 Å². The van der Waals surface area contributed by atoms with Crippen LogP contribution in [0.1, 0.15) is 31.2 Å². The lowest BCUT2D eigenvalue weighted by molar-refractivity contribution is -0.141. The average molecular weight is 436 g/mol. The van der Waals surface area contributed by atoms with Gasteiger partial charge < -0.3 is 9.64 Å². The maximum Gasteiger partial charge on any atom is 0.307 e. The molecule has 1 aromatic carbocycles. The van der Waals surface area contributed by atoms with Gasteiger partial charge in [0.15, 0.2) is 9.84 Å². The van der Waals surface area contributed by atoms with Crippen molar-refractivity contribution in [2.45, 2.75) is 38.3 Å². The van der Waals surface area contributed by atoms with Crippen LogP contribution in [0, 0.1) is 0 Å². The first-order valence-electron chi connectivity index (χ1n) is 9.79. The van der Waals surface area contributed by atoms with Crippen LogP contribution in [0.4, 0.5) is 0 Å². The van der Waals surface area contributed by atoms with Crippen LogP contribution in [-0.2, 0) is 35.5 Å². The molecule has 3 rings (SSSR count). The van der Waals surface area contributed by atoms with E-state index < -0.39 is 21.8 Å². The molecule has 0 spiro atoms. The minimum absolute atomic E-state index is 0.0134. The van der Waals surface area contributed by atoms with E-state index in [2.05, 4.69) is 9.84 Å². The zero-order chi connectivity index (χ0) is 21.7. The SMILES string of the molecule is COC(=O)CCN(Cc1ccccc1)C(=O)C1=NN(C2CCS(=O)(=O)C2)C(=O)CC1. The predicted octanol–water partition coefficient (Wildman–Crippen LogP) is 0.744. The Hall–Kier alpha value is -2.75. The van der Waals surface area contributed by atoms with E-state index in [1.54, 1.807) is 0 Å². The van der Waals surface area contributed by atoms with Crippen LogP contribution in [-0.4, -0.2) is 73.0 Å². The molecule has 1 fully saturated rings. The highest BCUT2D eigenvalue weighted by Gasteiger charge is 2.37. The fourth-order valence-corrected chi connectivity index (χ4v) is 5.24. The number of methoxy groups -OCH3 is 1. The first-order chi connectivity index (χ1) is 14.3. The third kappa shape index (κ3) is 5.44. The second-order valence-electron chi connectivity index (χ2n) is 7.38. The van der Waals surface area contributed by atoms with Gasteiger partial charge in [-0.25, -0.2) is 13.4 Å². The van der Waals surface area contributed by atoms with Crippen molar-refractivity contribution in [2.75, 3.05) is 25.2 Å². The molecule has 2 aliphatic rings. The molecule has 0 radical (unpaired) electrons. The molecule has 2 heterocycles. The Balaban J connectivity index is 1.80. The van der Waals surface area contributed by atoms with Crippen LogP contribution in [0.3, 0.4) is 0 Å². The lowest BCUT2D eigenvalue weighted by Gasteiger charge is -2.30. The summed E-state index contributed by atoms with van der Waals surface area (Å²) in [5, 5.41) is 5.42. The standard InChI is InChI=1S/C20H25N3O6S/c1-29-19(25)9-11-22(13-15-5-3-2-4-6-15)20(26)17-7-8-18(24)23(21-17)16-10-12-30(27,28)14-16/h2-6,16H,7-14H2,1H3. The van der Waals surface area contributed by atoms with Crippen LogP contribution in [0.25, 0.3) is 0 Å². The highest BCUT2D eigenvalue weighted by molar-refractivity contribution is 7.91. The highest BCUT2D eigenvalue weighted by Crippen LogP contribution is 2.23. The smallest absolute Gasteiger partial charge is 0.307 e. The molecule has 1 unspecified atom stereocenters. The van der Waals surface area contributed by atoms with Crippen molar-refractivity contribution >= 4 is 33.3 Å². The topological polar surface area (TPSA) is 113 Å². The van der Waals surface area contributed by atoms with Gasteiger partial charge in [-0.3, -0.25) is 14.4 Å². The number of carbonyl (C=O) groups is 3. The number of hydrazone groups is 1. The van der Waals surface area contributed by atoms with Crippen molar-refractivity contribution in [3.8, 4) is 0 Å². The van der Waals surface area contributed by atoms with Gasteiger partial charge in [0.05, 0.1) is 31.1 Å². The Morgan fingerprint density at radius 1 is 1.23 bits per heavy atom. The molecule has 0 N–H and O–H groups in total. The molecule has 0 aromatic heterocycles. The van der Waals surface area contributed by atoms with Crippen LogP contribution in [0.15, 0.2) is 35.4 Å². The van der Waals surface area contributed by atoms with Gasteiger partial charge >= 0.3 is 5.97 Å². The number of esters is 1. The predicted molar refractivity (Wildman–Crippen MR) is 109 cm³/mol. The minimum atomic E-state index is -3.19. The maximum absolute atomic E-state index is 13.2. The molecule has 0 aliphatic carbocycles. The Bertz CT molecular complexity index is 945. The fraction of sp³-hybridized carbons (Fsp3) is 0.500. The van der Waals surface area contributed by atoms with Crippen LogP contribution >= 0.6 is 0 Å². The highest BCUT2D eigenvalue weighted by atomic mass is 32.2. The molecule has 9 nitrogen and oxygen atoms in total. The molecule has 0 bridgehead atoms.